The van der Waals surface area contributed by atoms with Crippen LogP contribution in [0, 0.1) is 0 Å². The van der Waals surface area contributed by atoms with Crippen LogP contribution in [0.25, 0.3) is 6.08 Å². The number of carboxylic acid groups (broad SMARTS) is 1. The lowest BCUT2D eigenvalue weighted by atomic mass is 10.1. The lowest BCUT2D eigenvalue weighted by molar-refractivity contribution is -0.113. The van der Waals surface area contributed by atoms with Gasteiger partial charge in [0.2, 0.25) is 0 Å². The minimum Gasteiger partial charge on any atom is -0.493 e. The number of nitrogens with zero attached hydrogens (tertiary/aromatic N) is 2. The summed E-state index contributed by atoms with van der Waals surface area (Å²) in [5, 5.41) is 9.70. The molecule has 1 heterocycles. The summed E-state index contributed by atoms with van der Waals surface area (Å²) in [7, 11) is 1.56. The van der Waals surface area contributed by atoms with E-state index >= 15 is 0 Å². The van der Waals surface area contributed by atoms with E-state index in [4.69, 9.17) is 19.6 Å². The Balaban J connectivity index is 1.44. The fourth-order valence-corrected chi connectivity index (χ4v) is 5.98. The number of ether oxygens (including phenoxy) is 2. The molecule has 0 bridgehead atoms. The van der Waals surface area contributed by atoms with E-state index in [1.165, 1.54) is 22.9 Å². The van der Waals surface area contributed by atoms with Crippen molar-refractivity contribution < 1.29 is 24.2 Å². The number of hydrogen-bond donors (Lipinski definition) is 1. The maximum absolute atomic E-state index is 13.9. The Morgan fingerprint density at radius 1 is 0.909 bits per heavy atom. The van der Waals surface area contributed by atoms with Crippen LogP contribution in [0.15, 0.2) is 99.3 Å². The number of aromatic carboxylic acids is 1. The summed E-state index contributed by atoms with van der Waals surface area (Å²) < 4.78 is 12.4. The van der Waals surface area contributed by atoms with Crippen LogP contribution in [0.1, 0.15) is 46.5 Å². The van der Waals surface area contributed by atoms with E-state index in [9.17, 15) is 9.59 Å². The number of rotatable bonds is 10. The summed E-state index contributed by atoms with van der Waals surface area (Å²) >= 11 is 4.96. The highest BCUT2D eigenvalue weighted by Crippen LogP contribution is 2.40. The number of amidine groups is 1. The first-order valence-electron chi connectivity index (χ1n) is 14.1. The van der Waals surface area contributed by atoms with Crippen LogP contribution in [-0.2, 0) is 24.2 Å². The molecule has 7 nitrogen and oxygen atoms in total. The summed E-state index contributed by atoms with van der Waals surface area (Å²) in [6.07, 6.45) is 3.67. The number of anilines is 1. The second kappa shape index (κ2) is 14.0. The molecule has 0 saturated carbocycles. The Kier molecular flexibility index (Phi) is 9.87. The van der Waals surface area contributed by atoms with E-state index in [0.29, 0.717) is 21.6 Å². The summed E-state index contributed by atoms with van der Waals surface area (Å²) in [6.45, 7) is 4.43. The number of hydrogen-bond acceptors (Lipinski definition) is 6. The molecule has 0 aliphatic carbocycles. The van der Waals surface area contributed by atoms with Crippen molar-refractivity contribution in [1.82, 2.24) is 0 Å². The minimum atomic E-state index is -0.978. The largest absolute Gasteiger partial charge is 0.493 e. The topological polar surface area (TPSA) is 88.4 Å². The SMILES string of the molecule is CCc1ccc(N=C2S/C(=C\c3cc(OC)c(OCc4ccc(C(=O)O)cc4)cc3Br)C(=O)N2c2ccc(CC)cc2)cc1. The normalized spacial score (nSPS) is 14.8. The van der Waals surface area contributed by atoms with Crippen molar-refractivity contribution in [2.45, 2.75) is 33.3 Å². The van der Waals surface area contributed by atoms with Crippen LogP contribution in [0.2, 0.25) is 0 Å². The number of carboxylic acids is 1. The molecule has 224 valence electrons. The van der Waals surface area contributed by atoms with Gasteiger partial charge in [-0.2, -0.15) is 0 Å². The Labute approximate surface area is 269 Å². The average molecular weight is 672 g/mol. The Bertz CT molecular complexity index is 1730. The van der Waals surface area contributed by atoms with E-state index in [1.807, 2.05) is 48.5 Å². The molecule has 0 atom stereocenters. The third-order valence-corrected chi connectivity index (χ3v) is 8.80. The number of carbonyl (C=O) groups is 2. The second-order valence-electron chi connectivity index (χ2n) is 10.0. The number of aliphatic imine (C=N–C) groups is 1. The molecule has 4 aromatic carbocycles. The molecule has 1 saturated heterocycles. The molecule has 1 amide bonds. The van der Waals surface area contributed by atoms with Gasteiger partial charge >= 0.3 is 5.97 Å². The van der Waals surface area contributed by atoms with Crippen LogP contribution < -0.4 is 14.4 Å². The van der Waals surface area contributed by atoms with Crippen molar-refractivity contribution in [3.8, 4) is 11.5 Å². The number of halogens is 1. The maximum atomic E-state index is 13.9. The monoisotopic (exact) mass is 670 g/mol. The minimum absolute atomic E-state index is 0.167. The van der Waals surface area contributed by atoms with Gasteiger partial charge in [-0.3, -0.25) is 9.69 Å². The molecule has 44 heavy (non-hydrogen) atoms. The van der Waals surface area contributed by atoms with E-state index in [1.54, 1.807) is 42.3 Å². The second-order valence-corrected chi connectivity index (χ2v) is 11.9. The molecule has 0 spiro atoms. The Morgan fingerprint density at radius 3 is 2.11 bits per heavy atom. The molecule has 4 aromatic rings. The van der Waals surface area contributed by atoms with Crippen LogP contribution >= 0.6 is 27.7 Å². The maximum Gasteiger partial charge on any atom is 0.335 e. The van der Waals surface area contributed by atoms with Crippen molar-refractivity contribution in [3.05, 3.63) is 122 Å². The third kappa shape index (κ3) is 7.06. The Morgan fingerprint density at radius 2 is 1.52 bits per heavy atom. The van der Waals surface area contributed by atoms with Crippen molar-refractivity contribution in [2.75, 3.05) is 12.0 Å². The highest BCUT2D eigenvalue weighted by atomic mass is 79.9. The standard InChI is InChI=1S/C35H31BrN2O5S/c1-4-22-8-14-27(15-9-22)37-35-38(28-16-10-23(5-2)11-17-28)33(39)32(44-35)19-26-18-30(42-3)31(20-29(26)36)43-21-24-6-12-25(13-7-24)34(40)41/h6-20H,4-5,21H2,1-3H3,(H,40,41)/b32-19-,37-35?. The van der Waals surface area contributed by atoms with Gasteiger partial charge in [0.15, 0.2) is 16.7 Å². The molecule has 5 rings (SSSR count). The highest BCUT2D eigenvalue weighted by molar-refractivity contribution is 9.10. The zero-order valence-electron chi connectivity index (χ0n) is 24.5. The first-order valence-corrected chi connectivity index (χ1v) is 15.7. The molecule has 1 aliphatic rings. The summed E-state index contributed by atoms with van der Waals surface area (Å²) in [6, 6.07) is 26.1. The fraction of sp³-hybridized carbons (Fsp3) is 0.171. The molecule has 9 heteroatoms. The lowest BCUT2D eigenvalue weighted by Gasteiger charge is -2.16. The zero-order chi connectivity index (χ0) is 31.2. The number of amides is 1. The predicted octanol–water partition coefficient (Wildman–Crippen LogP) is 8.67. The molecule has 0 radical (unpaired) electrons. The summed E-state index contributed by atoms with van der Waals surface area (Å²) in [5.41, 5.74) is 5.71. The van der Waals surface area contributed by atoms with Crippen LogP contribution in [0.3, 0.4) is 0 Å². The molecular formula is C35H31BrN2O5S. The van der Waals surface area contributed by atoms with Gasteiger partial charge in [0, 0.05) is 4.47 Å². The number of carbonyl (C=O) groups excluding carboxylic acids is 1. The summed E-state index contributed by atoms with van der Waals surface area (Å²) in [4.78, 5) is 32.0. The Hall–Kier alpha value is -4.34. The van der Waals surface area contributed by atoms with Crippen LogP contribution in [-0.4, -0.2) is 29.3 Å². The van der Waals surface area contributed by atoms with Crippen molar-refractivity contribution in [3.63, 3.8) is 0 Å². The van der Waals surface area contributed by atoms with E-state index in [2.05, 4.69) is 41.9 Å². The van der Waals surface area contributed by atoms with E-state index in [-0.39, 0.29) is 18.1 Å². The average Bonchev–Trinajstić information content (AvgIpc) is 3.35. The van der Waals surface area contributed by atoms with Crippen molar-refractivity contribution in [1.29, 1.82) is 0 Å². The predicted molar refractivity (Wildman–Crippen MR) is 180 cm³/mol. The number of benzene rings is 4. The molecular weight excluding hydrogens is 640 g/mol. The first-order chi connectivity index (χ1) is 21.3. The molecule has 0 unspecified atom stereocenters. The van der Waals surface area contributed by atoms with Gasteiger partial charge in [0.25, 0.3) is 5.91 Å². The van der Waals surface area contributed by atoms with E-state index < -0.39 is 5.97 Å². The molecule has 1 aliphatic heterocycles. The van der Waals surface area contributed by atoms with Gasteiger partial charge in [-0.05, 0) is 101 Å². The third-order valence-electron chi connectivity index (χ3n) is 7.14. The number of methoxy groups -OCH3 is 1. The van der Waals surface area contributed by atoms with Gasteiger partial charge in [-0.1, -0.05) is 66.2 Å². The zero-order valence-corrected chi connectivity index (χ0v) is 26.9. The quantitative estimate of drug-likeness (QED) is 0.170. The van der Waals surface area contributed by atoms with Crippen LogP contribution in [0.5, 0.6) is 11.5 Å². The van der Waals surface area contributed by atoms with E-state index in [0.717, 1.165) is 39.8 Å². The molecule has 1 fully saturated rings. The van der Waals surface area contributed by atoms with Gasteiger partial charge in [0.1, 0.15) is 6.61 Å². The molecule has 0 aromatic heterocycles. The van der Waals surface area contributed by atoms with Gasteiger partial charge in [-0.15, -0.1) is 0 Å². The lowest BCUT2D eigenvalue weighted by Crippen LogP contribution is -2.28. The van der Waals surface area contributed by atoms with Gasteiger partial charge in [0.05, 0.1) is 29.0 Å². The number of thioether (sulfide) groups is 1. The van der Waals surface area contributed by atoms with Crippen molar-refractivity contribution in [2.24, 2.45) is 4.99 Å². The smallest absolute Gasteiger partial charge is 0.335 e. The highest BCUT2D eigenvalue weighted by Gasteiger charge is 2.35. The van der Waals surface area contributed by atoms with Gasteiger partial charge in [-0.25, -0.2) is 9.79 Å². The summed E-state index contributed by atoms with van der Waals surface area (Å²) in [5.74, 6) is -0.147. The molecule has 1 N–H and O–H groups in total. The van der Waals surface area contributed by atoms with Gasteiger partial charge < -0.3 is 14.6 Å². The fourth-order valence-electron chi connectivity index (χ4n) is 4.55. The van der Waals surface area contributed by atoms with Crippen LogP contribution in [0.4, 0.5) is 11.4 Å². The first kappa shape index (κ1) is 31.1. The van der Waals surface area contributed by atoms with Crippen molar-refractivity contribution >= 4 is 62.2 Å². The number of aryl methyl sites for hydroxylation is 2.